The maximum absolute atomic E-state index is 14.3. The number of alkyl halides is 6. The van der Waals surface area contributed by atoms with E-state index in [1.54, 1.807) is 6.08 Å². The number of carbonyl (C=O) groups excluding carboxylic acids is 1. The minimum Gasteiger partial charge on any atom is -0.290 e. The Balaban J connectivity index is 1.46. The van der Waals surface area contributed by atoms with Crippen molar-refractivity contribution in [3.05, 3.63) is 92.7 Å². The van der Waals surface area contributed by atoms with Gasteiger partial charge in [0, 0.05) is 12.2 Å². The molecule has 2 atom stereocenters. The highest BCUT2D eigenvalue weighted by molar-refractivity contribution is 7.89. The van der Waals surface area contributed by atoms with Gasteiger partial charge in [-0.1, -0.05) is 17.2 Å². The van der Waals surface area contributed by atoms with Gasteiger partial charge < -0.3 is 0 Å². The number of benzene rings is 1. The van der Waals surface area contributed by atoms with Crippen molar-refractivity contribution in [1.29, 1.82) is 0 Å². The molecule has 0 unspecified atom stereocenters. The number of nitrogens with zero attached hydrogens (tertiary/aromatic N) is 5. The van der Waals surface area contributed by atoms with E-state index in [9.17, 15) is 43.9 Å². The Kier molecular flexibility index (Phi) is 8.33. The molecule has 8 nitrogen and oxygen atoms in total. The fourth-order valence-electron chi connectivity index (χ4n) is 6.07. The molecule has 3 heterocycles. The minimum atomic E-state index is -4.99. The molecule has 0 N–H and O–H groups in total. The molecule has 2 aliphatic rings. The van der Waals surface area contributed by atoms with Gasteiger partial charge in [-0.15, -0.1) is 11.3 Å². The van der Waals surface area contributed by atoms with Crippen LogP contribution in [-0.4, -0.2) is 57.0 Å². The maximum Gasteiger partial charge on any atom is 0.427 e. The highest BCUT2D eigenvalue weighted by Crippen LogP contribution is 2.52. The van der Waals surface area contributed by atoms with Gasteiger partial charge in [0.05, 0.1) is 29.2 Å². The zero-order valence-corrected chi connectivity index (χ0v) is 26.1. The fourth-order valence-corrected chi connectivity index (χ4v) is 8.59. The van der Waals surface area contributed by atoms with Crippen LogP contribution in [0.3, 0.4) is 0 Å². The average Bonchev–Trinajstić information content (AvgIpc) is 3.66. The number of allylic oxidation sites excluding steroid dienone is 1. The van der Waals surface area contributed by atoms with Crippen LogP contribution in [0.4, 0.5) is 30.7 Å². The molecule has 47 heavy (non-hydrogen) atoms. The smallest absolute Gasteiger partial charge is 0.290 e. The summed E-state index contributed by atoms with van der Waals surface area (Å²) < 4.78 is 125. The van der Waals surface area contributed by atoms with Crippen molar-refractivity contribution in [3.63, 3.8) is 0 Å². The van der Waals surface area contributed by atoms with E-state index < -0.39 is 73.2 Å². The number of rotatable bonds is 7. The topological polar surface area (TPSA) is 98.0 Å². The first-order valence-electron chi connectivity index (χ1n) is 13.8. The molecule has 3 aromatic heterocycles. The number of pyridine rings is 1. The van der Waals surface area contributed by atoms with E-state index in [1.807, 2.05) is 0 Å². The van der Waals surface area contributed by atoms with E-state index in [0.29, 0.717) is 28.7 Å². The van der Waals surface area contributed by atoms with Gasteiger partial charge in [-0.25, -0.2) is 27.5 Å². The van der Waals surface area contributed by atoms with Crippen LogP contribution in [0.5, 0.6) is 0 Å². The first-order chi connectivity index (χ1) is 22.0. The molecule has 0 aliphatic heterocycles. The number of halogens is 8. The average molecular weight is 720 g/mol. The third-order valence-electron chi connectivity index (χ3n) is 8.17. The Hall–Kier alpha value is -3.67. The number of Topliss-reactive ketones (excluding diaryl/α,β-unsaturated/α-hetero) is 1. The highest BCUT2D eigenvalue weighted by Gasteiger charge is 2.53. The summed E-state index contributed by atoms with van der Waals surface area (Å²) in [7, 11) is -4.86. The Morgan fingerprint density at radius 2 is 1.77 bits per heavy atom. The van der Waals surface area contributed by atoms with Gasteiger partial charge in [-0.05, 0) is 73.7 Å². The third kappa shape index (κ3) is 6.33. The van der Waals surface area contributed by atoms with Gasteiger partial charge in [0.25, 0.3) is 0 Å². The van der Waals surface area contributed by atoms with Gasteiger partial charge in [0.2, 0.25) is 15.8 Å². The summed E-state index contributed by atoms with van der Waals surface area (Å²) in [5.74, 6) is -1.38. The number of hydrogen-bond acceptors (Lipinski definition) is 7. The van der Waals surface area contributed by atoms with Crippen LogP contribution in [0.1, 0.15) is 45.2 Å². The summed E-state index contributed by atoms with van der Waals surface area (Å²) in [5.41, 5.74) is -0.0187. The number of carbonyl (C=O) groups is 1. The number of thiazole rings is 1. The quantitative estimate of drug-likeness (QED) is 0.114. The van der Waals surface area contributed by atoms with Crippen LogP contribution in [0.25, 0.3) is 11.8 Å². The van der Waals surface area contributed by atoms with Crippen LogP contribution in [-0.2, 0) is 22.6 Å². The fraction of sp³-hybridized carbons (Fsp3) is 0.310. The van der Waals surface area contributed by atoms with Crippen LogP contribution in [0, 0.1) is 11.2 Å². The lowest BCUT2D eigenvalue weighted by Gasteiger charge is -2.46. The summed E-state index contributed by atoms with van der Waals surface area (Å²) in [5, 5.41) is 3.73. The molecule has 0 radical (unpaired) electrons. The predicted molar refractivity (Wildman–Crippen MR) is 156 cm³/mol. The van der Waals surface area contributed by atoms with Crippen molar-refractivity contribution >= 4 is 44.8 Å². The lowest BCUT2D eigenvalue weighted by molar-refractivity contribution is -0.140. The van der Waals surface area contributed by atoms with Gasteiger partial charge in [0.15, 0.2) is 5.01 Å². The van der Waals surface area contributed by atoms with Gasteiger partial charge in [-0.3, -0.25) is 4.79 Å². The van der Waals surface area contributed by atoms with Gasteiger partial charge in [0.1, 0.15) is 27.3 Å². The molecule has 1 fully saturated rings. The predicted octanol–water partition coefficient (Wildman–Crippen LogP) is 7.15. The highest BCUT2D eigenvalue weighted by atomic mass is 35.5. The van der Waals surface area contributed by atoms with Gasteiger partial charge in [-0.2, -0.15) is 35.7 Å². The van der Waals surface area contributed by atoms with E-state index in [2.05, 4.69) is 15.1 Å². The van der Waals surface area contributed by atoms with Crippen molar-refractivity contribution in [2.24, 2.45) is 5.41 Å². The van der Waals surface area contributed by atoms with Crippen molar-refractivity contribution < 1.29 is 43.9 Å². The van der Waals surface area contributed by atoms with E-state index in [0.717, 1.165) is 18.3 Å². The Morgan fingerprint density at radius 1 is 1.04 bits per heavy atom. The first kappa shape index (κ1) is 33.2. The summed E-state index contributed by atoms with van der Waals surface area (Å²) >= 11 is 5.86. The zero-order chi connectivity index (χ0) is 33.9. The molecule has 248 valence electrons. The molecule has 2 aliphatic carbocycles. The molecular formula is C29H21ClF7N5O3S2. The molecule has 0 bridgehead atoms. The first-order valence-corrected chi connectivity index (χ1v) is 16.4. The normalized spacial score (nSPS) is 20.1. The number of ketones is 1. The molecular weight excluding hydrogens is 699 g/mol. The Bertz CT molecular complexity index is 1970. The number of fused-ring (bicyclic) bond motifs is 2. The van der Waals surface area contributed by atoms with Crippen LogP contribution in [0.2, 0.25) is 5.15 Å². The monoisotopic (exact) mass is 719 g/mol. The largest absolute Gasteiger partial charge is 0.427 e. The SMILES string of the molecule is O=C(c1ncc(C(F)(F)F)s1)[C@]12Cc3cnn(-c4ccc(F)cc4)c3C=C1CC[C@H](N(CC(F)(F)F)S(=O)(=O)c1ccc(Cl)nc1)C2. The van der Waals surface area contributed by atoms with Crippen LogP contribution in [0.15, 0.2) is 65.5 Å². The van der Waals surface area contributed by atoms with Crippen molar-refractivity contribution in [1.82, 2.24) is 24.1 Å². The van der Waals surface area contributed by atoms with Crippen molar-refractivity contribution in [2.45, 2.75) is 49.0 Å². The second kappa shape index (κ2) is 11.8. The van der Waals surface area contributed by atoms with E-state index in [-0.39, 0.29) is 40.1 Å². The van der Waals surface area contributed by atoms with E-state index in [4.69, 9.17) is 11.6 Å². The maximum atomic E-state index is 14.3. The Labute approximate surface area is 271 Å². The standard InChI is InChI=1S/C29H21ClF7N5O3S2/c30-24-8-7-21(13-38-24)47(44,45)41(15-28(32,33)34)20-4-1-17-9-22-16(12-40-42(22)19-5-2-18(31)3-6-19)10-27(17,11-20)25(43)26-39-14-23(46-26)29(35,36)37/h2-3,5-9,12-14,20H,1,4,10-11,15H2/t20-,27-/m0/s1. The lowest BCUT2D eigenvalue weighted by atomic mass is 9.61. The summed E-state index contributed by atoms with van der Waals surface area (Å²) in [6, 6.07) is 6.06. The van der Waals surface area contributed by atoms with E-state index >= 15 is 0 Å². The number of aromatic nitrogens is 4. The zero-order valence-electron chi connectivity index (χ0n) is 23.7. The molecule has 1 saturated carbocycles. The minimum absolute atomic E-state index is 0.0787. The van der Waals surface area contributed by atoms with Crippen molar-refractivity contribution in [3.8, 4) is 5.69 Å². The molecule has 0 spiro atoms. The molecule has 6 rings (SSSR count). The second-order valence-corrected chi connectivity index (χ2v) is 14.4. The summed E-state index contributed by atoms with van der Waals surface area (Å²) in [6.07, 6.45) is -6.41. The van der Waals surface area contributed by atoms with E-state index in [1.165, 1.54) is 35.1 Å². The second-order valence-electron chi connectivity index (χ2n) is 11.1. The molecule has 0 amide bonds. The molecule has 1 aromatic carbocycles. The van der Waals surface area contributed by atoms with Gasteiger partial charge >= 0.3 is 12.4 Å². The number of sulfonamides is 1. The summed E-state index contributed by atoms with van der Waals surface area (Å²) in [4.78, 5) is 20.0. The van der Waals surface area contributed by atoms with Crippen molar-refractivity contribution in [2.75, 3.05) is 6.54 Å². The van der Waals surface area contributed by atoms with Crippen LogP contribution < -0.4 is 0 Å². The Morgan fingerprint density at radius 3 is 2.38 bits per heavy atom. The summed E-state index contributed by atoms with van der Waals surface area (Å²) in [6.45, 7) is -1.89. The molecule has 18 heteroatoms. The third-order valence-corrected chi connectivity index (χ3v) is 11.3. The molecule has 0 saturated heterocycles. The lowest BCUT2D eigenvalue weighted by Crippen LogP contribution is -2.52. The number of hydrogen-bond donors (Lipinski definition) is 0. The van der Waals surface area contributed by atoms with Crippen LogP contribution >= 0.6 is 22.9 Å². The molecule has 4 aromatic rings.